The van der Waals surface area contributed by atoms with Crippen LogP contribution in [-0.2, 0) is 9.59 Å². The zero-order valence-electron chi connectivity index (χ0n) is 13.4. The van der Waals surface area contributed by atoms with Gasteiger partial charge in [-0.1, -0.05) is 18.2 Å². The topological polar surface area (TPSA) is 72.9 Å². The number of carbonyl (C=O) groups is 2. The summed E-state index contributed by atoms with van der Waals surface area (Å²) in [7, 11) is 0. The molecule has 1 aromatic carbocycles. The lowest BCUT2D eigenvalue weighted by molar-refractivity contribution is -0.135. The van der Waals surface area contributed by atoms with Crippen LogP contribution in [0.25, 0.3) is 0 Å². The molecule has 2 N–H and O–H groups in total. The Labute approximate surface area is 136 Å². The van der Waals surface area contributed by atoms with Crippen molar-refractivity contribution in [3.05, 3.63) is 29.8 Å². The Morgan fingerprint density at radius 2 is 2.00 bits per heavy atom. The van der Waals surface area contributed by atoms with E-state index in [1.54, 1.807) is 6.92 Å². The van der Waals surface area contributed by atoms with Gasteiger partial charge in [0.05, 0.1) is 12.0 Å². The number of amides is 2. The molecule has 6 nitrogen and oxygen atoms in total. The number of piperazine rings is 1. The van der Waals surface area contributed by atoms with Gasteiger partial charge in [0.15, 0.2) is 0 Å². The quantitative estimate of drug-likeness (QED) is 0.855. The number of anilines is 1. The molecular formula is C17H23N3O3. The molecule has 124 valence electrons. The fourth-order valence-electron chi connectivity index (χ4n) is 3.34. The first-order valence-electron chi connectivity index (χ1n) is 8.12. The number of rotatable bonds is 4. The highest BCUT2D eigenvalue weighted by molar-refractivity contribution is 6.04. The first kappa shape index (κ1) is 16.0. The van der Waals surface area contributed by atoms with E-state index in [0.717, 1.165) is 24.3 Å². The van der Waals surface area contributed by atoms with Gasteiger partial charge in [-0.3, -0.25) is 14.5 Å². The molecule has 23 heavy (non-hydrogen) atoms. The van der Waals surface area contributed by atoms with Crippen molar-refractivity contribution in [2.45, 2.75) is 25.4 Å². The standard InChI is InChI=1S/C17H23N3O3/c1-12(21)11-19-6-8-20(9-7-19)16(22)10-14-13-4-2-3-5-15(13)18-17(14)23/h2-5,12,14,21H,6-11H2,1H3,(H,18,23). The average Bonchev–Trinajstić information content (AvgIpc) is 2.83. The van der Waals surface area contributed by atoms with Crippen molar-refractivity contribution >= 4 is 17.5 Å². The molecule has 2 heterocycles. The van der Waals surface area contributed by atoms with Crippen LogP contribution in [0.15, 0.2) is 24.3 Å². The highest BCUT2D eigenvalue weighted by Crippen LogP contribution is 2.34. The summed E-state index contributed by atoms with van der Waals surface area (Å²) in [6.45, 7) is 5.26. The van der Waals surface area contributed by atoms with Crippen molar-refractivity contribution in [3.8, 4) is 0 Å². The minimum Gasteiger partial charge on any atom is -0.392 e. The molecule has 0 aliphatic carbocycles. The third-order valence-electron chi connectivity index (χ3n) is 4.54. The second-order valence-corrected chi connectivity index (χ2v) is 6.36. The summed E-state index contributed by atoms with van der Waals surface area (Å²) in [5, 5.41) is 12.3. The van der Waals surface area contributed by atoms with Gasteiger partial charge in [-0.2, -0.15) is 0 Å². The van der Waals surface area contributed by atoms with Crippen LogP contribution in [0.2, 0.25) is 0 Å². The van der Waals surface area contributed by atoms with Gasteiger partial charge >= 0.3 is 0 Å². The van der Waals surface area contributed by atoms with Crippen LogP contribution in [0.4, 0.5) is 5.69 Å². The summed E-state index contributed by atoms with van der Waals surface area (Å²) < 4.78 is 0. The van der Waals surface area contributed by atoms with E-state index in [-0.39, 0.29) is 30.3 Å². The minimum atomic E-state index is -0.380. The molecule has 3 rings (SSSR count). The molecule has 1 aromatic rings. The van der Waals surface area contributed by atoms with Gasteiger partial charge in [-0.15, -0.1) is 0 Å². The summed E-state index contributed by atoms with van der Waals surface area (Å²) >= 11 is 0. The Morgan fingerprint density at radius 3 is 2.70 bits per heavy atom. The predicted octanol–water partition coefficient (Wildman–Crippen LogP) is 0.637. The van der Waals surface area contributed by atoms with E-state index in [4.69, 9.17) is 0 Å². The molecule has 2 aliphatic heterocycles. The number of aliphatic hydroxyl groups excluding tert-OH is 1. The predicted molar refractivity (Wildman–Crippen MR) is 87.1 cm³/mol. The van der Waals surface area contributed by atoms with Gasteiger partial charge in [0, 0.05) is 44.8 Å². The average molecular weight is 317 g/mol. The summed E-state index contributed by atoms with van der Waals surface area (Å²) in [5.41, 5.74) is 1.73. The van der Waals surface area contributed by atoms with Crippen molar-refractivity contribution in [1.82, 2.24) is 9.80 Å². The molecule has 1 fully saturated rings. The third-order valence-corrected chi connectivity index (χ3v) is 4.54. The lowest BCUT2D eigenvalue weighted by Crippen LogP contribution is -2.50. The van der Waals surface area contributed by atoms with Crippen LogP contribution in [0, 0.1) is 0 Å². The van der Waals surface area contributed by atoms with Gasteiger partial charge in [0.25, 0.3) is 0 Å². The maximum absolute atomic E-state index is 12.5. The second kappa shape index (κ2) is 6.68. The summed E-state index contributed by atoms with van der Waals surface area (Å²) in [5.74, 6) is -0.444. The number of fused-ring (bicyclic) bond motifs is 1. The zero-order valence-corrected chi connectivity index (χ0v) is 13.4. The second-order valence-electron chi connectivity index (χ2n) is 6.36. The fraction of sp³-hybridized carbons (Fsp3) is 0.529. The van der Waals surface area contributed by atoms with Gasteiger partial charge in [0.2, 0.25) is 11.8 Å². The molecule has 0 spiro atoms. The first-order chi connectivity index (χ1) is 11.0. The monoisotopic (exact) mass is 317 g/mol. The number of β-amino-alcohol motifs (C(OH)–C–C–N with tert-alkyl or cyclic N) is 1. The van der Waals surface area contributed by atoms with E-state index in [1.807, 2.05) is 29.2 Å². The van der Waals surface area contributed by atoms with E-state index in [9.17, 15) is 14.7 Å². The summed E-state index contributed by atoms with van der Waals surface area (Å²) in [4.78, 5) is 28.6. The molecule has 0 saturated carbocycles. The lowest BCUT2D eigenvalue weighted by atomic mass is 9.96. The molecule has 2 amide bonds. The highest BCUT2D eigenvalue weighted by atomic mass is 16.3. The molecule has 2 unspecified atom stereocenters. The largest absolute Gasteiger partial charge is 0.392 e. The number of nitrogens with zero attached hydrogens (tertiary/aromatic N) is 2. The van der Waals surface area contributed by atoms with Crippen molar-refractivity contribution < 1.29 is 14.7 Å². The van der Waals surface area contributed by atoms with E-state index < -0.39 is 0 Å². The molecule has 2 atom stereocenters. The van der Waals surface area contributed by atoms with Crippen molar-refractivity contribution in [1.29, 1.82) is 0 Å². The maximum atomic E-state index is 12.5. The van der Waals surface area contributed by atoms with Crippen LogP contribution in [0.1, 0.15) is 24.8 Å². The minimum absolute atomic E-state index is 0.0264. The van der Waals surface area contributed by atoms with E-state index in [1.165, 1.54) is 0 Å². The van der Waals surface area contributed by atoms with E-state index in [0.29, 0.717) is 19.6 Å². The Hall–Kier alpha value is -1.92. The molecule has 1 saturated heterocycles. The number of benzene rings is 1. The van der Waals surface area contributed by atoms with Crippen LogP contribution in [0.3, 0.4) is 0 Å². The fourth-order valence-corrected chi connectivity index (χ4v) is 3.34. The summed E-state index contributed by atoms with van der Waals surface area (Å²) in [6.07, 6.45) is -0.130. The number of hydrogen-bond acceptors (Lipinski definition) is 4. The van der Waals surface area contributed by atoms with Gasteiger partial charge in [0.1, 0.15) is 0 Å². The first-order valence-corrected chi connectivity index (χ1v) is 8.12. The van der Waals surface area contributed by atoms with Crippen LogP contribution >= 0.6 is 0 Å². The van der Waals surface area contributed by atoms with Crippen LogP contribution in [0.5, 0.6) is 0 Å². The van der Waals surface area contributed by atoms with E-state index in [2.05, 4.69) is 10.2 Å². The van der Waals surface area contributed by atoms with Crippen LogP contribution < -0.4 is 5.32 Å². The number of hydrogen-bond donors (Lipinski definition) is 2. The molecular weight excluding hydrogens is 294 g/mol. The number of aliphatic hydroxyl groups is 1. The van der Waals surface area contributed by atoms with Gasteiger partial charge in [-0.25, -0.2) is 0 Å². The molecule has 0 aromatic heterocycles. The molecule has 2 aliphatic rings. The molecule has 0 radical (unpaired) electrons. The SMILES string of the molecule is CC(O)CN1CCN(C(=O)CC2C(=O)Nc3ccccc32)CC1. The Bertz CT molecular complexity index is 595. The van der Waals surface area contributed by atoms with Crippen LogP contribution in [-0.4, -0.2) is 65.5 Å². The van der Waals surface area contributed by atoms with Crippen molar-refractivity contribution in [2.75, 3.05) is 38.0 Å². The van der Waals surface area contributed by atoms with Gasteiger partial charge in [-0.05, 0) is 18.6 Å². The van der Waals surface area contributed by atoms with Crippen molar-refractivity contribution in [2.24, 2.45) is 0 Å². The third kappa shape index (κ3) is 3.54. The lowest BCUT2D eigenvalue weighted by Gasteiger charge is -2.35. The Balaban J connectivity index is 1.57. The number of para-hydroxylation sites is 1. The number of nitrogens with one attached hydrogen (secondary N) is 1. The maximum Gasteiger partial charge on any atom is 0.232 e. The normalized spacial score (nSPS) is 22.6. The molecule has 0 bridgehead atoms. The van der Waals surface area contributed by atoms with Crippen molar-refractivity contribution in [3.63, 3.8) is 0 Å². The zero-order chi connectivity index (χ0) is 16.4. The van der Waals surface area contributed by atoms with Gasteiger partial charge < -0.3 is 15.3 Å². The van der Waals surface area contributed by atoms with E-state index >= 15 is 0 Å². The Morgan fingerprint density at radius 1 is 1.30 bits per heavy atom. The summed E-state index contributed by atoms with van der Waals surface area (Å²) in [6, 6.07) is 7.55. The number of carbonyl (C=O) groups excluding carboxylic acids is 2. The highest BCUT2D eigenvalue weighted by Gasteiger charge is 2.33. The Kier molecular flexibility index (Phi) is 4.63. The smallest absolute Gasteiger partial charge is 0.232 e. The molecule has 6 heteroatoms.